The van der Waals surface area contributed by atoms with Gasteiger partial charge in [0.1, 0.15) is 41.4 Å². The fraction of sp³-hybridized carbons (Fsp3) is 0.698. The van der Waals surface area contributed by atoms with E-state index in [0.29, 0.717) is 11.3 Å². The molecular weight excluding hydrogens is 837 g/mol. The lowest BCUT2D eigenvalue weighted by molar-refractivity contribution is -0.156. The number of hydrogen-bond donors (Lipinski definition) is 7. The molecule has 0 aliphatic carbocycles. The van der Waals surface area contributed by atoms with Gasteiger partial charge in [0.2, 0.25) is 35.3 Å². The first-order valence-corrected chi connectivity index (χ1v) is 21.5. The minimum atomic E-state index is -1.49. The number of ketones is 1. The second-order valence-electron chi connectivity index (χ2n) is 18.1. The van der Waals surface area contributed by atoms with Gasteiger partial charge in [0.15, 0.2) is 0 Å². The molecule has 6 atom stereocenters. The molecule has 0 aromatic heterocycles. The summed E-state index contributed by atoms with van der Waals surface area (Å²) in [6.07, 6.45) is 0.702. The van der Waals surface area contributed by atoms with Crippen molar-refractivity contribution < 1.29 is 62.2 Å². The standard InChI is InChI=1S/C43H70N8O13/c1-14-16-26(34(55)39(60)44-21-15-2)47-37(58)29-22-45-41(62)51(29)40(61)33(24(5)6)50-38(59)32(23(3)4)49-36(57)28(18-20-31(54)64-43(11,12)13)48-35(56)27(46-25(7)52)17-19-30(53)63-42(8,9)10/h15,23-24,26-29,32-33H,2,14,16-22H2,1,3-13H3,(H,44,60)(H,45,62)(H,46,52)(H,47,58)(H,48,56)(H,49,57)(H,50,59)/t26?,27-,28-,29-,32-,33-/m0/s1. The van der Waals surface area contributed by atoms with Crippen LogP contribution in [0.5, 0.6) is 0 Å². The van der Waals surface area contributed by atoms with Crippen LogP contribution in [0.25, 0.3) is 0 Å². The SMILES string of the molecule is C=CCNC(=O)C(=O)C(CCC)NC(=O)[C@@H]1CNC(=O)N1C(=O)[C@@H](NC(=O)[C@@H](NC(=O)[C@H](CCC(=O)OC(C)(C)C)NC(=O)[C@H](CCC(=O)OC(C)(C)C)NC(C)=O)C(C)C)C(C)C. The summed E-state index contributed by atoms with van der Waals surface area (Å²) in [5.74, 6) is -9.72. The van der Waals surface area contributed by atoms with E-state index in [1.54, 1.807) is 76.2 Å². The van der Waals surface area contributed by atoms with E-state index in [1.807, 2.05) is 0 Å². The van der Waals surface area contributed by atoms with Crippen LogP contribution in [-0.4, -0.2) is 131 Å². The van der Waals surface area contributed by atoms with Gasteiger partial charge in [-0.15, -0.1) is 6.58 Å². The minimum Gasteiger partial charge on any atom is -0.460 e. The summed E-state index contributed by atoms with van der Waals surface area (Å²) < 4.78 is 10.7. The number of Topliss-reactive ketones (excluding diaryl/α,β-unsaturated/α-hetero) is 1. The number of esters is 2. The summed E-state index contributed by atoms with van der Waals surface area (Å²) in [5, 5.41) is 17.4. The number of urea groups is 1. The van der Waals surface area contributed by atoms with Crippen molar-refractivity contribution in [2.45, 2.75) is 169 Å². The molecule has 1 heterocycles. The fourth-order valence-corrected chi connectivity index (χ4v) is 6.26. The van der Waals surface area contributed by atoms with Crippen molar-refractivity contribution in [2.24, 2.45) is 11.8 Å². The van der Waals surface area contributed by atoms with Crippen LogP contribution in [0.1, 0.15) is 122 Å². The molecule has 1 rings (SSSR count). The Hall–Kier alpha value is -5.89. The van der Waals surface area contributed by atoms with Gasteiger partial charge >= 0.3 is 18.0 Å². The van der Waals surface area contributed by atoms with Crippen LogP contribution in [0, 0.1) is 11.8 Å². The highest BCUT2D eigenvalue weighted by molar-refractivity contribution is 6.38. The van der Waals surface area contributed by atoms with E-state index >= 15 is 0 Å². The molecule has 21 heteroatoms. The van der Waals surface area contributed by atoms with Crippen molar-refractivity contribution in [3.8, 4) is 0 Å². The molecule has 0 bridgehead atoms. The molecule has 64 heavy (non-hydrogen) atoms. The largest absolute Gasteiger partial charge is 0.460 e. The Morgan fingerprint density at radius 1 is 0.719 bits per heavy atom. The molecule has 0 aromatic carbocycles. The Balaban J connectivity index is 3.41. The van der Waals surface area contributed by atoms with Crippen LogP contribution in [-0.2, 0) is 57.4 Å². The molecule has 9 amide bonds. The average Bonchev–Trinajstić information content (AvgIpc) is 3.56. The summed E-state index contributed by atoms with van der Waals surface area (Å²) >= 11 is 0. The first-order valence-electron chi connectivity index (χ1n) is 21.5. The molecule has 1 fully saturated rings. The molecule has 360 valence electrons. The predicted octanol–water partition coefficient (Wildman–Crippen LogP) is 0.578. The molecule has 0 radical (unpaired) electrons. The number of nitrogens with one attached hydrogen (secondary N) is 7. The first kappa shape index (κ1) is 56.1. The van der Waals surface area contributed by atoms with Crippen LogP contribution in [0.3, 0.4) is 0 Å². The van der Waals surface area contributed by atoms with Gasteiger partial charge in [0.25, 0.3) is 11.8 Å². The molecule has 1 aliphatic heterocycles. The number of imide groups is 1. The zero-order chi connectivity index (χ0) is 49.3. The van der Waals surface area contributed by atoms with Crippen molar-refractivity contribution in [3.05, 3.63) is 12.7 Å². The fourth-order valence-electron chi connectivity index (χ4n) is 6.26. The lowest BCUT2D eigenvalue weighted by Crippen LogP contribution is -2.62. The third kappa shape index (κ3) is 19.2. The number of amides is 9. The molecule has 0 aromatic rings. The molecule has 1 aliphatic rings. The molecule has 7 N–H and O–H groups in total. The highest BCUT2D eigenvalue weighted by Crippen LogP contribution is 2.17. The maximum absolute atomic E-state index is 14.1. The minimum absolute atomic E-state index is 0.00860. The van der Waals surface area contributed by atoms with Gasteiger partial charge in [0, 0.05) is 32.9 Å². The van der Waals surface area contributed by atoms with E-state index < -0.39 is 124 Å². The van der Waals surface area contributed by atoms with Crippen LogP contribution in [0.4, 0.5) is 4.79 Å². The molecule has 1 saturated heterocycles. The highest BCUT2D eigenvalue weighted by atomic mass is 16.6. The van der Waals surface area contributed by atoms with E-state index in [1.165, 1.54) is 6.08 Å². The lowest BCUT2D eigenvalue weighted by Gasteiger charge is -2.31. The molecule has 21 nitrogen and oxygen atoms in total. The van der Waals surface area contributed by atoms with Gasteiger partial charge < -0.3 is 46.7 Å². The Morgan fingerprint density at radius 2 is 1.20 bits per heavy atom. The number of nitrogens with zero attached hydrogens (tertiary/aromatic N) is 1. The van der Waals surface area contributed by atoms with Crippen LogP contribution >= 0.6 is 0 Å². The third-order valence-corrected chi connectivity index (χ3v) is 9.28. The van der Waals surface area contributed by atoms with Gasteiger partial charge in [-0.25, -0.2) is 9.69 Å². The maximum atomic E-state index is 14.1. The normalized spacial score (nSPS) is 16.2. The second-order valence-corrected chi connectivity index (χ2v) is 18.1. The topological polar surface area (TPSA) is 294 Å². The van der Waals surface area contributed by atoms with Crippen LogP contribution in [0.15, 0.2) is 12.7 Å². The quantitative estimate of drug-likeness (QED) is 0.0397. The Kier molecular flexibility index (Phi) is 22.3. The molecule has 0 spiro atoms. The predicted molar refractivity (Wildman–Crippen MR) is 232 cm³/mol. The molecular formula is C43H70N8O13. The van der Waals surface area contributed by atoms with Crippen LogP contribution in [0.2, 0.25) is 0 Å². The van der Waals surface area contributed by atoms with Gasteiger partial charge in [-0.2, -0.15) is 0 Å². The van der Waals surface area contributed by atoms with Crippen LogP contribution < -0.4 is 37.2 Å². The van der Waals surface area contributed by atoms with E-state index in [4.69, 9.17) is 9.47 Å². The van der Waals surface area contributed by atoms with Crippen molar-refractivity contribution in [2.75, 3.05) is 13.1 Å². The monoisotopic (exact) mass is 907 g/mol. The van der Waals surface area contributed by atoms with E-state index in [9.17, 15) is 52.7 Å². The Morgan fingerprint density at radius 3 is 1.66 bits per heavy atom. The molecule has 0 saturated carbocycles. The summed E-state index contributed by atoms with van der Waals surface area (Å²) in [5.41, 5.74) is -1.69. The zero-order valence-electron chi connectivity index (χ0n) is 39.3. The number of carbonyl (C=O) groups is 11. The van der Waals surface area contributed by atoms with E-state index in [-0.39, 0.29) is 45.2 Å². The van der Waals surface area contributed by atoms with Crippen molar-refractivity contribution in [1.82, 2.24) is 42.1 Å². The first-order chi connectivity index (χ1) is 29.5. The number of ether oxygens (including phenoxy) is 2. The second kappa shape index (κ2) is 25.4. The van der Waals surface area contributed by atoms with Crippen molar-refractivity contribution >= 4 is 65.1 Å². The van der Waals surface area contributed by atoms with E-state index in [0.717, 1.165) is 6.92 Å². The zero-order valence-corrected chi connectivity index (χ0v) is 39.3. The summed E-state index contributed by atoms with van der Waals surface area (Å²) in [4.78, 5) is 146. The van der Waals surface area contributed by atoms with Gasteiger partial charge in [0.05, 0.1) is 6.04 Å². The summed E-state index contributed by atoms with van der Waals surface area (Å²) in [6, 6.07) is -9.29. The third-order valence-electron chi connectivity index (χ3n) is 9.28. The average molecular weight is 907 g/mol. The molecule has 1 unspecified atom stereocenters. The Bertz CT molecular complexity index is 1750. The number of rotatable bonds is 24. The number of hydrogen-bond acceptors (Lipinski definition) is 13. The number of carbonyl (C=O) groups excluding carboxylic acids is 11. The lowest BCUT2D eigenvalue weighted by atomic mass is 9.98. The van der Waals surface area contributed by atoms with Gasteiger partial charge in [-0.1, -0.05) is 47.1 Å². The highest BCUT2D eigenvalue weighted by Gasteiger charge is 2.45. The van der Waals surface area contributed by atoms with Gasteiger partial charge in [-0.3, -0.25) is 47.9 Å². The maximum Gasteiger partial charge on any atom is 0.325 e. The van der Waals surface area contributed by atoms with Gasteiger partial charge in [-0.05, 0) is 72.6 Å². The summed E-state index contributed by atoms with van der Waals surface area (Å²) in [7, 11) is 0. The summed E-state index contributed by atoms with van der Waals surface area (Å²) in [6.45, 7) is 22.3. The van der Waals surface area contributed by atoms with Crippen molar-refractivity contribution in [3.63, 3.8) is 0 Å². The van der Waals surface area contributed by atoms with Crippen molar-refractivity contribution in [1.29, 1.82) is 0 Å². The Labute approximate surface area is 375 Å². The smallest absolute Gasteiger partial charge is 0.325 e. The van der Waals surface area contributed by atoms with E-state index in [2.05, 4.69) is 43.8 Å².